The van der Waals surface area contributed by atoms with Gasteiger partial charge in [-0.05, 0) is 51.0 Å². The van der Waals surface area contributed by atoms with Crippen LogP contribution in [0, 0.1) is 11.8 Å². The van der Waals surface area contributed by atoms with E-state index >= 15 is 0 Å². The minimum Gasteiger partial charge on any atom is -0.393 e. The summed E-state index contributed by atoms with van der Waals surface area (Å²) in [6, 6.07) is 0. The van der Waals surface area contributed by atoms with Crippen molar-refractivity contribution in [2.24, 2.45) is 11.8 Å². The lowest BCUT2D eigenvalue weighted by atomic mass is 9.93. The molecule has 0 radical (unpaired) electrons. The van der Waals surface area contributed by atoms with Crippen molar-refractivity contribution in [1.82, 2.24) is 4.90 Å². The van der Waals surface area contributed by atoms with Gasteiger partial charge >= 0.3 is 0 Å². The quantitative estimate of drug-likeness (QED) is 0.740. The van der Waals surface area contributed by atoms with Crippen LogP contribution in [0.4, 0.5) is 0 Å². The number of hydrogen-bond acceptors (Lipinski definition) is 2. The largest absolute Gasteiger partial charge is 0.393 e. The summed E-state index contributed by atoms with van der Waals surface area (Å²) in [7, 11) is 2.21. The Balaban J connectivity index is 1.71. The monoisotopic (exact) mass is 223 g/mol. The maximum Gasteiger partial charge on any atom is 0.0580 e. The van der Waals surface area contributed by atoms with Crippen molar-refractivity contribution in [2.75, 3.05) is 20.1 Å². The second-order valence-electron chi connectivity index (χ2n) is 5.63. The molecule has 3 atom stereocenters. The van der Waals surface area contributed by atoms with E-state index in [1.807, 2.05) is 0 Å². The summed E-state index contributed by atoms with van der Waals surface area (Å²) in [5, 5.41) is 9.81. The molecule has 0 bridgehead atoms. The molecular weight excluding hydrogens is 198 g/mol. The zero-order valence-corrected chi connectivity index (χ0v) is 10.4. The molecule has 0 aromatic carbocycles. The predicted octanol–water partition coefficient (Wildman–Crippen LogP) is 2.44. The molecule has 0 aromatic heterocycles. The SMILES string of the molecule is CN(CC1CC=CCC1)CC1CCCC1O. The first-order valence-corrected chi connectivity index (χ1v) is 6.77. The van der Waals surface area contributed by atoms with Gasteiger partial charge in [0.15, 0.2) is 0 Å². The summed E-state index contributed by atoms with van der Waals surface area (Å²) < 4.78 is 0. The van der Waals surface area contributed by atoms with Gasteiger partial charge in [0.25, 0.3) is 0 Å². The van der Waals surface area contributed by atoms with Gasteiger partial charge < -0.3 is 10.0 Å². The maximum atomic E-state index is 9.81. The van der Waals surface area contributed by atoms with Gasteiger partial charge in [0.05, 0.1) is 6.10 Å². The van der Waals surface area contributed by atoms with Crippen molar-refractivity contribution in [3.63, 3.8) is 0 Å². The standard InChI is InChI=1S/C14H25NO/c1-15(10-12-6-3-2-4-7-12)11-13-8-5-9-14(13)16/h2-3,12-14,16H,4-11H2,1H3. The van der Waals surface area contributed by atoms with Gasteiger partial charge in [0.1, 0.15) is 0 Å². The van der Waals surface area contributed by atoms with Crippen molar-refractivity contribution in [3.8, 4) is 0 Å². The van der Waals surface area contributed by atoms with Crippen LogP contribution in [-0.4, -0.2) is 36.2 Å². The highest BCUT2D eigenvalue weighted by Crippen LogP contribution is 2.27. The Bertz CT molecular complexity index is 239. The van der Waals surface area contributed by atoms with E-state index < -0.39 is 0 Å². The van der Waals surface area contributed by atoms with Crippen LogP contribution in [0.2, 0.25) is 0 Å². The second kappa shape index (κ2) is 5.83. The van der Waals surface area contributed by atoms with E-state index in [-0.39, 0.29) is 6.10 Å². The molecule has 0 aromatic rings. The molecule has 2 heteroatoms. The average molecular weight is 223 g/mol. The minimum absolute atomic E-state index is 0.0336. The number of aliphatic hydroxyl groups excluding tert-OH is 1. The first kappa shape index (κ1) is 12.1. The molecule has 0 saturated heterocycles. The van der Waals surface area contributed by atoms with Crippen molar-refractivity contribution >= 4 is 0 Å². The number of hydrogen-bond donors (Lipinski definition) is 1. The number of aliphatic hydroxyl groups is 1. The lowest BCUT2D eigenvalue weighted by molar-refractivity contribution is 0.104. The predicted molar refractivity (Wildman–Crippen MR) is 67.3 cm³/mol. The molecule has 1 saturated carbocycles. The van der Waals surface area contributed by atoms with Gasteiger partial charge in [-0.25, -0.2) is 0 Å². The van der Waals surface area contributed by atoms with Crippen LogP contribution in [0.1, 0.15) is 38.5 Å². The van der Waals surface area contributed by atoms with E-state index in [1.165, 1.54) is 38.6 Å². The number of rotatable bonds is 4. The van der Waals surface area contributed by atoms with Gasteiger partial charge in [-0.1, -0.05) is 18.6 Å². The molecule has 0 aliphatic heterocycles. The molecule has 2 aliphatic rings. The summed E-state index contributed by atoms with van der Waals surface area (Å²) in [6.45, 7) is 2.29. The van der Waals surface area contributed by atoms with Crippen molar-refractivity contribution < 1.29 is 5.11 Å². The zero-order chi connectivity index (χ0) is 11.4. The fourth-order valence-corrected chi connectivity index (χ4v) is 3.17. The Morgan fingerprint density at radius 3 is 2.69 bits per heavy atom. The third kappa shape index (κ3) is 3.33. The van der Waals surface area contributed by atoms with Gasteiger partial charge in [0.2, 0.25) is 0 Å². The van der Waals surface area contributed by atoms with E-state index in [1.54, 1.807) is 0 Å². The molecule has 1 N–H and O–H groups in total. The molecule has 0 spiro atoms. The summed E-state index contributed by atoms with van der Waals surface area (Å²) in [4.78, 5) is 2.43. The van der Waals surface area contributed by atoms with Crippen molar-refractivity contribution in [3.05, 3.63) is 12.2 Å². The van der Waals surface area contributed by atoms with Crippen LogP contribution < -0.4 is 0 Å². The van der Waals surface area contributed by atoms with E-state index in [4.69, 9.17) is 0 Å². The highest BCUT2D eigenvalue weighted by atomic mass is 16.3. The molecule has 2 aliphatic carbocycles. The van der Waals surface area contributed by atoms with E-state index in [0.29, 0.717) is 5.92 Å². The summed E-state index contributed by atoms with van der Waals surface area (Å²) in [5.74, 6) is 1.37. The highest BCUT2D eigenvalue weighted by Gasteiger charge is 2.26. The van der Waals surface area contributed by atoms with Crippen LogP contribution in [0.5, 0.6) is 0 Å². The maximum absolute atomic E-state index is 9.81. The first-order valence-electron chi connectivity index (χ1n) is 6.77. The second-order valence-corrected chi connectivity index (χ2v) is 5.63. The lowest BCUT2D eigenvalue weighted by Gasteiger charge is -2.27. The Hall–Kier alpha value is -0.340. The molecule has 0 heterocycles. The van der Waals surface area contributed by atoms with Crippen LogP contribution in [0.3, 0.4) is 0 Å². The smallest absolute Gasteiger partial charge is 0.0580 e. The van der Waals surface area contributed by atoms with Gasteiger partial charge in [-0.2, -0.15) is 0 Å². The Labute approximate surface area is 99.3 Å². The van der Waals surface area contributed by atoms with Crippen LogP contribution in [0.25, 0.3) is 0 Å². The normalized spacial score (nSPS) is 34.8. The third-order valence-electron chi connectivity index (χ3n) is 4.11. The first-order chi connectivity index (χ1) is 7.75. The summed E-state index contributed by atoms with van der Waals surface area (Å²) in [5.41, 5.74) is 0. The highest BCUT2D eigenvalue weighted by molar-refractivity contribution is 4.91. The molecule has 2 rings (SSSR count). The molecule has 92 valence electrons. The van der Waals surface area contributed by atoms with E-state index in [9.17, 15) is 5.11 Å². The van der Waals surface area contributed by atoms with Crippen molar-refractivity contribution in [2.45, 2.75) is 44.6 Å². The fourth-order valence-electron chi connectivity index (χ4n) is 3.17. The molecular formula is C14H25NO. The number of nitrogens with zero attached hydrogens (tertiary/aromatic N) is 1. The number of allylic oxidation sites excluding steroid dienone is 2. The average Bonchev–Trinajstić information content (AvgIpc) is 2.66. The van der Waals surface area contributed by atoms with Gasteiger partial charge in [-0.3, -0.25) is 0 Å². The minimum atomic E-state index is -0.0336. The van der Waals surface area contributed by atoms with Crippen LogP contribution >= 0.6 is 0 Å². The Kier molecular flexibility index (Phi) is 4.42. The molecule has 0 amide bonds. The molecule has 3 unspecified atom stereocenters. The fraction of sp³-hybridized carbons (Fsp3) is 0.857. The van der Waals surface area contributed by atoms with E-state index in [2.05, 4.69) is 24.1 Å². The zero-order valence-electron chi connectivity index (χ0n) is 10.4. The van der Waals surface area contributed by atoms with Gasteiger partial charge in [-0.15, -0.1) is 0 Å². The molecule has 1 fully saturated rings. The van der Waals surface area contributed by atoms with Crippen molar-refractivity contribution in [1.29, 1.82) is 0 Å². The van der Waals surface area contributed by atoms with E-state index in [0.717, 1.165) is 18.9 Å². The molecule has 2 nitrogen and oxygen atoms in total. The summed E-state index contributed by atoms with van der Waals surface area (Å²) >= 11 is 0. The Morgan fingerprint density at radius 1 is 1.19 bits per heavy atom. The lowest BCUT2D eigenvalue weighted by Crippen LogP contribution is -2.33. The third-order valence-corrected chi connectivity index (χ3v) is 4.11. The Morgan fingerprint density at radius 2 is 2.06 bits per heavy atom. The van der Waals surface area contributed by atoms with Crippen LogP contribution in [0.15, 0.2) is 12.2 Å². The van der Waals surface area contributed by atoms with Crippen LogP contribution in [-0.2, 0) is 0 Å². The topological polar surface area (TPSA) is 23.5 Å². The summed E-state index contributed by atoms with van der Waals surface area (Å²) in [6.07, 6.45) is 11.9. The van der Waals surface area contributed by atoms with Gasteiger partial charge in [0, 0.05) is 13.1 Å². The molecule has 16 heavy (non-hydrogen) atoms.